The molecule has 0 saturated carbocycles. The molecule has 4 heterocycles. The summed E-state index contributed by atoms with van der Waals surface area (Å²) in [4.78, 5) is 52.8. The summed E-state index contributed by atoms with van der Waals surface area (Å²) >= 11 is 11.5. The number of hydrogen-bond acceptors (Lipinski definition) is 11. The number of carbonyl (C=O) groups excluding carboxylic acids is 1. The summed E-state index contributed by atoms with van der Waals surface area (Å²) in [5, 5.41) is 15.0. The van der Waals surface area contributed by atoms with Crippen LogP contribution in [0.1, 0.15) is 32.1 Å². The minimum Gasteiger partial charge on any atom is -0.478 e. The van der Waals surface area contributed by atoms with E-state index in [1.807, 2.05) is 6.92 Å². The lowest BCUT2D eigenvalue weighted by molar-refractivity contribution is 0.0537. The number of anilines is 4. The number of halogens is 4. The Balaban J connectivity index is 0.000000202. The smallest absolute Gasteiger partial charge is 0.337 e. The molecule has 264 valence electrons. The molecule has 0 unspecified atom stereocenters. The van der Waals surface area contributed by atoms with Gasteiger partial charge >= 0.3 is 5.97 Å². The van der Waals surface area contributed by atoms with Crippen LogP contribution in [-0.2, 0) is 4.84 Å². The van der Waals surface area contributed by atoms with Crippen molar-refractivity contribution in [2.45, 2.75) is 13.8 Å². The first-order valence-corrected chi connectivity index (χ1v) is 15.8. The normalized spacial score (nSPS) is 10.5. The Morgan fingerprint density at radius 3 is 1.58 bits per heavy atom. The number of carbonyl (C=O) groups is 2. The average Bonchev–Trinajstić information content (AvgIpc) is 3.12. The quantitative estimate of drug-likeness (QED) is 0.106. The minimum atomic E-state index is -1.06. The van der Waals surface area contributed by atoms with Gasteiger partial charge in [0.15, 0.2) is 0 Å². The lowest BCUT2D eigenvalue weighted by Gasteiger charge is -2.10. The van der Waals surface area contributed by atoms with E-state index in [0.29, 0.717) is 56.9 Å². The SMILES string of the molecule is CONC(=O)c1cncc(-c2cnc(Nc3ccc(F)c(Cl)c3)nc2C)c1.Cc1nc(Nc2ccc(F)c(Cl)c2)ncc1-c1cncc(C(=O)O)c1. The molecule has 6 rings (SSSR count). The zero-order chi connectivity index (χ0) is 37.4. The molecule has 6 aromatic rings. The van der Waals surface area contributed by atoms with Crippen molar-refractivity contribution in [1.82, 2.24) is 35.4 Å². The minimum absolute atomic E-state index is 0.00472. The van der Waals surface area contributed by atoms with E-state index in [1.54, 1.807) is 37.8 Å². The topological polar surface area (TPSA) is 177 Å². The third-order valence-electron chi connectivity index (χ3n) is 7.11. The molecule has 1 amide bonds. The molecule has 0 aliphatic rings. The highest BCUT2D eigenvalue weighted by atomic mass is 35.5. The molecule has 4 aromatic heterocycles. The van der Waals surface area contributed by atoms with Gasteiger partial charge in [0.05, 0.1) is 39.7 Å². The molecule has 4 N–H and O–H groups in total. The van der Waals surface area contributed by atoms with Crippen LogP contribution in [0.25, 0.3) is 22.3 Å². The van der Waals surface area contributed by atoms with Gasteiger partial charge in [-0.15, -0.1) is 0 Å². The Kier molecular flexibility index (Phi) is 11.9. The average molecular weight is 747 g/mol. The molecule has 2 aromatic carbocycles. The molecule has 0 spiro atoms. The number of amides is 1. The maximum absolute atomic E-state index is 13.2. The first-order chi connectivity index (χ1) is 24.9. The number of aromatic nitrogens is 6. The maximum Gasteiger partial charge on any atom is 0.337 e. The molecular weight excluding hydrogens is 719 g/mol. The molecule has 0 bridgehead atoms. The summed E-state index contributed by atoms with van der Waals surface area (Å²) in [5.74, 6) is -1.83. The number of benzene rings is 2. The number of aromatic carboxylic acids is 1. The molecule has 13 nitrogen and oxygen atoms in total. The van der Waals surface area contributed by atoms with E-state index in [-0.39, 0.29) is 15.6 Å². The second kappa shape index (κ2) is 16.7. The van der Waals surface area contributed by atoms with Crippen molar-refractivity contribution in [1.29, 1.82) is 0 Å². The van der Waals surface area contributed by atoms with Crippen LogP contribution in [-0.4, -0.2) is 54.0 Å². The van der Waals surface area contributed by atoms with Crippen molar-refractivity contribution < 1.29 is 28.3 Å². The number of hydrogen-bond donors (Lipinski definition) is 4. The summed E-state index contributed by atoms with van der Waals surface area (Å²) in [6, 6.07) is 11.6. The van der Waals surface area contributed by atoms with Crippen LogP contribution in [0.4, 0.5) is 32.1 Å². The highest BCUT2D eigenvalue weighted by Crippen LogP contribution is 2.27. The van der Waals surface area contributed by atoms with Crippen molar-refractivity contribution >= 4 is 58.3 Å². The second-order valence-corrected chi connectivity index (χ2v) is 11.6. The van der Waals surface area contributed by atoms with Gasteiger partial charge in [-0.3, -0.25) is 19.6 Å². The molecule has 0 aliphatic carbocycles. The van der Waals surface area contributed by atoms with Crippen molar-refractivity contribution in [3.8, 4) is 22.3 Å². The van der Waals surface area contributed by atoms with Gasteiger partial charge in [-0.1, -0.05) is 23.2 Å². The summed E-state index contributed by atoms with van der Waals surface area (Å²) in [6.45, 7) is 3.58. The molecule has 0 saturated heterocycles. The highest BCUT2D eigenvalue weighted by molar-refractivity contribution is 6.31. The van der Waals surface area contributed by atoms with Crippen LogP contribution < -0.4 is 16.1 Å². The van der Waals surface area contributed by atoms with Gasteiger partial charge in [0.2, 0.25) is 11.9 Å². The number of aryl methyl sites for hydroxylation is 2. The molecule has 52 heavy (non-hydrogen) atoms. The number of rotatable bonds is 9. The summed E-state index contributed by atoms with van der Waals surface area (Å²) in [5.41, 5.74) is 7.77. The Bertz CT molecular complexity index is 2280. The Morgan fingerprint density at radius 2 is 1.15 bits per heavy atom. The van der Waals surface area contributed by atoms with Crippen LogP contribution in [0.2, 0.25) is 10.0 Å². The first kappa shape index (κ1) is 37.1. The Hall–Kier alpha value is -6.16. The fourth-order valence-corrected chi connectivity index (χ4v) is 4.96. The van der Waals surface area contributed by atoms with E-state index in [0.717, 1.165) is 5.56 Å². The lowest BCUT2D eigenvalue weighted by atomic mass is 10.1. The molecule has 0 fully saturated rings. The van der Waals surface area contributed by atoms with Gasteiger partial charge in [-0.25, -0.2) is 39.0 Å². The van der Waals surface area contributed by atoms with Gasteiger partial charge in [-0.05, 0) is 62.4 Å². The fraction of sp³-hybridized carbons (Fsp3) is 0.0857. The number of nitrogens with zero attached hydrogens (tertiary/aromatic N) is 6. The van der Waals surface area contributed by atoms with Gasteiger partial charge in [0.25, 0.3) is 5.91 Å². The fourth-order valence-electron chi connectivity index (χ4n) is 4.59. The van der Waals surface area contributed by atoms with Crippen LogP contribution in [0.15, 0.2) is 85.7 Å². The Morgan fingerprint density at radius 1 is 0.692 bits per heavy atom. The number of carboxylic acid groups (broad SMARTS) is 1. The zero-order valence-corrected chi connectivity index (χ0v) is 29.0. The predicted molar refractivity (Wildman–Crippen MR) is 191 cm³/mol. The van der Waals surface area contributed by atoms with Crippen molar-refractivity contribution in [3.05, 3.63) is 130 Å². The van der Waals surface area contributed by atoms with Crippen LogP contribution >= 0.6 is 23.2 Å². The largest absolute Gasteiger partial charge is 0.478 e. The monoisotopic (exact) mass is 745 g/mol. The number of carboxylic acids is 1. The lowest BCUT2D eigenvalue weighted by Crippen LogP contribution is -2.21. The van der Waals surface area contributed by atoms with Gasteiger partial charge in [0, 0.05) is 70.8 Å². The van der Waals surface area contributed by atoms with Crippen LogP contribution in [0, 0.1) is 25.5 Å². The Labute approximate surface area is 305 Å². The molecule has 0 radical (unpaired) electrons. The van der Waals surface area contributed by atoms with Crippen molar-refractivity contribution in [2.75, 3.05) is 17.7 Å². The summed E-state index contributed by atoms with van der Waals surface area (Å²) < 4.78 is 26.4. The van der Waals surface area contributed by atoms with E-state index in [1.165, 1.54) is 62.0 Å². The highest BCUT2D eigenvalue weighted by Gasteiger charge is 2.13. The molecular formula is C35H27Cl2F2N9O4. The summed E-state index contributed by atoms with van der Waals surface area (Å²) in [6.07, 6.45) is 9.05. The molecule has 0 aliphatic heterocycles. The van der Waals surface area contributed by atoms with Crippen LogP contribution in [0.3, 0.4) is 0 Å². The van der Waals surface area contributed by atoms with Gasteiger partial charge in [-0.2, -0.15) is 0 Å². The van der Waals surface area contributed by atoms with E-state index in [9.17, 15) is 18.4 Å². The van der Waals surface area contributed by atoms with E-state index in [4.69, 9.17) is 28.3 Å². The van der Waals surface area contributed by atoms with Crippen molar-refractivity contribution in [3.63, 3.8) is 0 Å². The zero-order valence-electron chi connectivity index (χ0n) is 27.5. The number of nitrogens with one attached hydrogen (secondary N) is 3. The maximum atomic E-state index is 13.2. The summed E-state index contributed by atoms with van der Waals surface area (Å²) in [7, 11) is 1.35. The molecule has 0 atom stereocenters. The van der Waals surface area contributed by atoms with E-state index in [2.05, 4.69) is 50.9 Å². The first-order valence-electron chi connectivity index (χ1n) is 15.0. The molecule has 17 heteroatoms. The van der Waals surface area contributed by atoms with Crippen LogP contribution in [0.5, 0.6) is 0 Å². The third kappa shape index (κ3) is 9.33. The predicted octanol–water partition coefficient (Wildman–Crippen LogP) is 7.76. The van der Waals surface area contributed by atoms with E-state index >= 15 is 0 Å². The number of pyridine rings is 2. The van der Waals surface area contributed by atoms with Crippen molar-refractivity contribution in [2.24, 2.45) is 0 Å². The number of hydroxylamine groups is 1. The third-order valence-corrected chi connectivity index (χ3v) is 7.69. The standard InChI is InChI=1S/C18H15ClFN5O2.C17H12ClFN4O2/c1-10-14(11-5-12(8-21-7-11)17(26)25-27-2)9-22-18(23-10)24-13-3-4-16(20)15(19)6-13;1-9-13(10-4-11(16(24)25)7-20-6-10)8-21-17(22-9)23-12-2-3-15(19)14(18)5-12/h3-9H,1-2H3,(H,25,26)(H,22,23,24);2-8H,1H3,(H,24,25)(H,21,22,23). The van der Waals surface area contributed by atoms with Gasteiger partial charge in [0.1, 0.15) is 11.6 Å². The second-order valence-electron chi connectivity index (χ2n) is 10.8. The van der Waals surface area contributed by atoms with Gasteiger partial charge < -0.3 is 15.7 Å². The van der Waals surface area contributed by atoms with E-state index < -0.39 is 23.5 Å².